The molecule has 1 heterocycles. The summed E-state index contributed by atoms with van der Waals surface area (Å²) in [7, 11) is 12.3. The highest BCUT2D eigenvalue weighted by Gasteiger charge is 2.70. The third-order valence-corrected chi connectivity index (χ3v) is 7.28. The Hall–Kier alpha value is -2.63. The molecule has 3 aliphatic rings. The zero-order chi connectivity index (χ0) is 22.4. The molecule has 31 heavy (non-hydrogen) atoms. The van der Waals surface area contributed by atoms with E-state index in [0.29, 0.717) is 5.56 Å². The van der Waals surface area contributed by atoms with Crippen molar-refractivity contribution in [3.63, 3.8) is 0 Å². The number of carbonyl (C=O) groups is 1. The molecular weight excluding hydrogens is 386 g/mol. The average Bonchev–Trinajstić information content (AvgIpc) is 3.08. The maximum absolute atomic E-state index is 13.5. The summed E-state index contributed by atoms with van der Waals surface area (Å²) in [5.74, 6) is -0.257. The fourth-order valence-corrected chi connectivity index (χ4v) is 5.59. The predicted molar refractivity (Wildman–Crippen MR) is 126 cm³/mol. The molecule has 4 rings (SSSR count). The summed E-state index contributed by atoms with van der Waals surface area (Å²) in [6.07, 6.45) is 18.6. The van der Waals surface area contributed by atoms with Crippen molar-refractivity contribution in [2.45, 2.75) is 29.5 Å². The Kier molecular flexibility index (Phi) is 5.23. The maximum atomic E-state index is 13.5. The number of likely N-dealkylation sites (N-methyl/N-ethyl adjacent to an activating group) is 2. The molecule has 0 fully saturated rings. The van der Waals surface area contributed by atoms with Crippen molar-refractivity contribution < 1.29 is 9.53 Å². The van der Waals surface area contributed by atoms with E-state index in [1.165, 1.54) is 0 Å². The monoisotopic (exact) mass is 419 g/mol. The van der Waals surface area contributed by atoms with Crippen LogP contribution in [0.15, 0.2) is 66.8 Å². The molecule has 5 heteroatoms. The van der Waals surface area contributed by atoms with Crippen LogP contribution in [0.2, 0.25) is 0 Å². The highest BCUT2D eigenvalue weighted by Crippen LogP contribution is 2.59. The van der Waals surface area contributed by atoms with Crippen LogP contribution >= 0.6 is 0 Å². The van der Waals surface area contributed by atoms with Crippen LogP contribution in [-0.2, 0) is 10.3 Å². The van der Waals surface area contributed by atoms with Crippen LogP contribution in [0.25, 0.3) is 0 Å². The van der Waals surface area contributed by atoms with E-state index < -0.39 is 16.7 Å². The van der Waals surface area contributed by atoms with Crippen molar-refractivity contribution in [3.05, 3.63) is 77.9 Å². The van der Waals surface area contributed by atoms with E-state index in [9.17, 15) is 4.79 Å². The second-order valence-corrected chi connectivity index (χ2v) is 9.32. The third-order valence-electron chi connectivity index (χ3n) is 7.28. The van der Waals surface area contributed by atoms with Gasteiger partial charge in [-0.05, 0) is 53.2 Å². The number of ether oxygens (including phenoxy) is 1. The minimum Gasteiger partial charge on any atom is -0.446 e. The number of anilines is 1. The van der Waals surface area contributed by atoms with Crippen LogP contribution in [0, 0.1) is 0 Å². The van der Waals surface area contributed by atoms with Crippen molar-refractivity contribution in [1.82, 2.24) is 9.80 Å². The van der Waals surface area contributed by atoms with Gasteiger partial charge in [0.15, 0.2) is 5.60 Å². The van der Waals surface area contributed by atoms with Crippen molar-refractivity contribution in [2.24, 2.45) is 0 Å². The Balaban J connectivity index is 2.10. The van der Waals surface area contributed by atoms with E-state index >= 15 is 0 Å². The van der Waals surface area contributed by atoms with Gasteiger partial charge in [0, 0.05) is 25.3 Å². The summed E-state index contributed by atoms with van der Waals surface area (Å²) in [6, 6.07) is 6.16. The van der Waals surface area contributed by atoms with Crippen LogP contribution in [0.5, 0.6) is 0 Å². The molecule has 0 spiro atoms. The number of rotatable bonds is 5. The second kappa shape index (κ2) is 7.50. The van der Waals surface area contributed by atoms with Gasteiger partial charge in [0.25, 0.3) is 0 Å². The molecule has 1 aromatic carbocycles. The third kappa shape index (κ3) is 2.80. The van der Waals surface area contributed by atoms with Crippen molar-refractivity contribution in [1.29, 1.82) is 0 Å². The number of esters is 1. The number of hydrogen-bond acceptors (Lipinski definition) is 5. The molecule has 0 bridgehead atoms. The van der Waals surface area contributed by atoms with E-state index in [2.05, 4.69) is 98.7 Å². The van der Waals surface area contributed by atoms with Crippen molar-refractivity contribution in [2.75, 3.05) is 47.2 Å². The van der Waals surface area contributed by atoms with Gasteiger partial charge in [-0.2, -0.15) is 0 Å². The molecule has 0 N–H and O–H groups in total. The first-order valence-electron chi connectivity index (χ1n) is 10.8. The minimum absolute atomic E-state index is 0.257. The maximum Gasteiger partial charge on any atom is 0.339 e. The van der Waals surface area contributed by atoms with Gasteiger partial charge in [0.2, 0.25) is 0 Å². The smallest absolute Gasteiger partial charge is 0.339 e. The molecule has 0 radical (unpaired) electrons. The Labute approximate surface area is 186 Å². The average molecular weight is 420 g/mol. The lowest BCUT2D eigenvalue weighted by Gasteiger charge is -2.60. The van der Waals surface area contributed by atoms with E-state index in [4.69, 9.17) is 4.74 Å². The number of hydrogen-bond donors (Lipinski definition) is 0. The first-order valence-corrected chi connectivity index (χ1v) is 10.8. The summed E-state index contributed by atoms with van der Waals surface area (Å²) in [6.45, 7) is 0. The van der Waals surface area contributed by atoms with E-state index in [1.54, 1.807) is 0 Å². The fourth-order valence-electron chi connectivity index (χ4n) is 5.59. The number of cyclic esters (lactones) is 1. The summed E-state index contributed by atoms with van der Waals surface area (Å²) < 4.78 is 6.65. The molecule has 2 unspecified atom stereocenters. The zero-order valence-corrected chi connectivity index (χ0v) is 19.4. The zero-order valence-electron chi connectivity index (χ0n) is 19.4. The first-order chi connectivity index (χ1) is 14.7. The van der Waals surface area contributed by atoms with Crippen molar-refractivity contribution >= 4 is 11.7 Å². The molecule has 0 amide bonds. The molecule has 1 aliphatic heterocycles. The van der Waals surface area contributed by atoms with Crippen molar-refractivity contribution in [3.8, 4) is 0 Å². The number of benzene rings is 1. The molecule has 2 atom stereocenters. The molecule has 0 saturated carbocycles. The largest absolute Gasteiger partial charge is 0.446 e. The number of allylic oxidation sites excluding steroid dienone is 4. The van der Waals surface area contributed by atoms with Gasteiger partial charge in [-0.15, -0.1) is 0 Å². The highest BCUT2D eigenvalue weighted by atomic mass is 16.6. The van der Waals surface area contributed by atoms with Crippen LogP contribution in [0.4, 0.5) is 5.69 Å². The summed E-state index contributed by atoms with van der Waals surface area (Å²) in [4.78, 5) is 20.0. The van der Waals surface area contributed by atoms with Gasteiger partial charge in [-0.25, -0.2) is 4.79 Å². The summed E-state index contributed by atoms with van der Waals surface area (Å²) in [5, 5.41) is 0. The minimum atomic E-state index is -0.938. The number of nitrogens with zero attached hydrogens (tertiary/aromatic N) is 3. The van der Waals surface area contributed by atoms with E-state index in [1.807, 2.05) is 25.1 Å². The normalized spacial score (nSPS) is 31.4. The number of carbonyl (C=O) groups excluding carboxylic acids is 1. The highest BCUT2D eigenvalue weighted by molar-refractivity contribution is 5.97. The Bertz CT molecular complexity index is 960. The second-order valence-electron chi connectivity index (χ2n) is 9.32. The molecule has 1 aromatic rings. The van der Waals surface area contributed by atoms with Gasteiger partial charge in [-0.3, -0.25) is 9.80 Å². The lowest BCUT2D eigenvalue weighted by atomic mass is 9.58. The standard InChI is InChI=1S/C26H33N3O2/c1-27(2)20-13-14-22-21(19-20)23(30)31-26(22,24(28(3)4)15-9-7-10-16-24)25(29(5)6)17-11-8-12-18-25/h7-15,17,19H,16,18H2,1-6H3. The summed E-state index contributed by atoms with van der Waals surface area (Å²) in [5.41, 5.74) is 0.546. The Morgan fingerprint density at radius 2 is 1.35 bits per heavy atom. The molecule has 0 aromatic heterocycles. The van der Waals surface area contributed by atoms with Gasteiger partial charge in [-0.1, -0.05) is 54.7 Å². The van der Waals surface area contributed by atoms with Crippen LogP contribution < -0.4 is 4.90 Å². The first kappa shape index (κ1) is 21.6. The van der Waals surface area contributed by atoms with Gasteiger partial charge in [0.1, 0.15) is 0 Å². The van der Waals surface area contributed by atoms with Crippen LogP contribution in [0.1, 0.15) is 28.8 Å². The molecular formula is C26H33N3O2. The van der Waals surface area contributed by atoms with Gasteiger partial charge in [0.05, 0.1) is 16.6 Å². The van der Waals surface area contributed by atoms with E-state index in [-0.39, 0.29) is 5.97 Å². The topological polar surface area (TPSA) is 36.0 Å². The molecule has 0 saturated heterocycles. The SMILES string of the molecule is CN(C)c1ccc2c(c1)C(=O)OC2(C1(N(C)C)C=CC=CC1)C1(N(C)C)C=CC=CC1. The Morgan fingerprint density at radius 3 is 1.77 bits per heavy atom. The van der Waals surface area contributed by atoms with Gasteiger partial charge < -0.3 is 9.64 Å². The molecule has 2 aliphatic carbocycles. The fraction of sp³-hybridized carbons (Fsp3) is 0.423. The lowest BCUT2D eigenvalue weighted by molar-refractivity contribution is -0.153. The summed E-state index contributed by atoms with van der Waals surface area (Å²) >= 11 is 0. The van der Waals surface area contributed by atoms with E-state index in [0.717, 1.165) is 24.1 Å². The lowest BCUT2D eigenvalue weighted by Crippen LogP contribution is -2.72. The van der Waals surface area contributed by atoms with Gasteiger partial charge >= 0.3 is 5.97 Å². The predicted octanol–water partition coefficient (Wildman–Crippen LogP) is 3.75. The quantitative estimate of drug-likeness (QED) is 0.680. The number of fused-ring (bicyclic) bond motifs is 1. The molecule has 164 valence electrons. The molecule has 5 nitrogen and oxygen atoms in total. The Morgan fingerprint density at radius 1 is 0.806 bits per heavy atom. The van der Waals surface area contributed by atoms with Crippen LogP contribution in [-0.4, -0.2) is 69.1 Å². The van der Waals surface area contributed by atoms with Crippen LogP contribution in [0.3, 0.4) is 0 Å².